The van der Waals surface area contributed by atoms with Crippen LogP contribution in [0.5, 0.6) is 5.75 Å². The van der Waals surface area contributed by atoms with Crippen LogP contribution in [-0.4, -0.2) is 12.3 Å². The van der Waals surface area contributed by atoms with E-state index in [0.29, 0.717) is 0 Å². The fraction of sp³-hybridized carbons (Fsp3) is 0.231. The maximum atomic E-state index is 13.5. The molecule has 0 bridgehead atoms. The fourth-order valence-electron chi connectivity index (χ4n) is 1.37. The van der Waals surface area contributed by atoms with Crippen LogP contribution in [0, 0.1) is 0 Å². The maximum Gasteiger partial charge on any atom is 0.573 e. The topological polar surface area (TPSA) is 9.23 Å². The van der Waals surface area contributed by atoms with E-state index in [1.807, 2.05) is 0 Å². The quantitative estimate of drug-likeness (QED) is 0.554. The second-order valence-corrected chi connectivity index (χ2v) is 3.75. The van der Waals surface area contributed by atoms with Gasteiger partial charge >= 0.3 is 6.36 Å². The van der Waals surface area contributed by atoms with E-state index in [-0.39, 0.29) is 5.56 Å². The average molecular weight is 278 g/mol. The van der Waals surface area contributed by atoms with Gasteiger partial charge in [0.05, 0.1) is 0 Å². The molecule has 0 fully saturated rings. The third-order valence-electron chi connectivity index (χ3n) is 2.28. The molecule has 1 aromatic carbocycles. The maximum absolute atomic E-state index is 13.5. The second kappa shape index (κ2) is 5.42. The summed E-state index contributed by atoms with van der Waals surface area (Å²) in [4.78, 5) is 0. The van der Waals surface area contributed by atoms with Crippen LogP contribution >= 0.6 is 0 Å². The van der Waals surface area contributed by atoms with Gasteiger partial charge in [0.25, 0.3) is 5.92 Å². The van der Waals surface area contributed by atoms with Crippen LogP contribution in [-0.2, 0) is 0 Å². The molecule has 0 saturated heterocycles. The summed E-state index contributed by atoms with van der Waals surface area (Å²) in [6.45, 7) is 6.47. The van der Waals surface area contributed by atoms with E-state index >= 15 is 0 Å². The average Bonchev–Trinajstić information content (AvgIpc) is 2.27. The number of allylic oxidation sites excluding steroid dienone is 2. The Hall–Kier alpha value is -1.85. The third-order valence-corrected chi connectivity index (χ3v) is 2.28. The van der Waals surface area contributed by atoms with Crippen LogP contribution in [0.1, 0.15) is 12.0 Å². The molecule has 0 N–H and O–H groups in total. The number of rotatable bonds is 5. The molecule has 1 aromatic rings. The van der Waals surface area contributed by atoms with Gasteiger partial charge in [0, 0.05) is 12.0 Å². The Morgan fingerprint density at radius 3 is 2.05 bits per heavy atom. The van der Waals surface area contributed by atoms with Crippen molar-refractivity contribution in [3.8, 4) is 5.75 Å². The number of ether oxygens (including phenoxy) is 1. The van der Waals surface area contributed by atoms with E-state index in [1.165, 1.54) is 0 Å². The summed E-state index contributed by atoms with van der Waals surface area (Å²) in [5.41, 5.74) is -0.438. The lowest BCUT2D eigenvalue weighted by Crippen LogP contribution is -2.18. The van der Waals surface area contributed by atoms with Crippen molar-refractivity contribution in [3.63, 3.8) is 0 Å². The molecule has 0 aromatic heterocycles. The summed E-state index contributed by atoms with van der Waals surface area (Å²) in [6.07, 6.45) is -4.36. The van der Waals surface area contributed by atoms with Gasteiger partial charge in [0.2, 0.25) is 0 Å². The van der Waals surface area contributed by atoms with E-state index in [1.54, 1.807) is 0 Å². The summed E-state index contributed by atoms with van der Waals surface area (Å²) in [7, 11) is 0. The van der Waals surface area contributed by atoms with E-state index < -0.39 is 30.0 Å². The van der Waals surface area contributed by atoms with Crippen LogP contribution in [0.15, 0.2) is 43.5 Å². The van der Waals surface area contributed by atoms with Gasteiger partial charge in [-0.2, -0.15) is 0 Å². The van der Waals surface area contributed by atoms with Crippen molar-refractivity contribution in [3.05, 3.63) is 49.1 Å². The van der Waals surface area contributed by atoms with Gasteiger partial charge in [-0.15, -0.1) is 19.8 Å². The first-order chi connectivity index (χ1) is 8.65. The third kappa shape index (κ3) is 4.39. The van der Waals surface area contributed by atoms with Gasteiger partial charge < -0.3 is 4.74 Å². The Morgan fingerprint density at radius 2 is 1.63 bits per heavy atom. The Kier molecular flexibility index (Phi) is 4.34. The van der Waals surface area contributed by atoms with Gasteiger partial charge in [-0.05, 0) is 17.7 Å². The molecule has 0 radical (unpaired) electrons. The molecule has 0 atom stereocenters. The zero-order valence-electron chi connectivity index (χ0n) is 9.81. The Labute approximate surface area is 107 Å². The van der Waals surface area contributed by atoms with Crippen molar-refractivity contribution >= 4 is 5.57 Å². The van der Waals surface area contributed by atoms with Crippen LogP contribution in [0.25, 0.3) is 5.57 Å². The molecule has 0 aliphatic rings. The molecule has 1 nitrogen and oxygen atoms in total. The number of hydrogen-bond donors (Lipinski definition) is 0. The molecule has 0 saturated carbocycles. The first-order valence-corrected chi connectivity index (χ1v) is 5.20. The lowest BCUT2D eigenvalue weighted by molar-refractivity contribution is -0.274. The standard InChI is InChI=1S/C13H11F5O/c1-3-8-12(14,15)9(2)10-4-6-11(7-5-10)19-13(16,17)18/h3-7H,1-2,8H2. The molecule has 0 unspecified atom stereocenters. The Bertz CT molecular complexity index is 459. The highest BCUT2D eigenvalue weighted by Crippen LogP contribution is 2.35. The van der Waals surface area contributed by atoms with Crippen molar-refractivity contribution in [2.24, 2.45) is 0 Å². The lowest BCUT2D eigenvalue weighted by Gasteiger charge is -2.18. The van der Waals surface area contributed by atoms with E-state index in [2.05, 4.69) is 17.9 Å². The van der Waals surface area contributed by atoms with Crippen molar-refractivity contribution in [1.82, 2.24) is 0 Å². The van der Waals surface area contributed by atoms with E-state index in [9.17, 15) is 22.0 Å². The van der Waals surface area contributed by atoms with Crippen molar-refractivity contribution < 1.29 is 26.7 Å². The minimum absolute atomic E-state index is 0.0429. The van der Waals surface area contributed by atoms with Crippen LogP contribution in [0.2, 0.25) is 0 Å². The number of halogens is 5. The van der Waals surface area contributed by atoms with Crippen molar-refractivity contribution in [2.75, 3.05) is 0 Å². The molecule has 6 heteroatoms. The van der Waals surface area contributed by atoms with Crippen molar-refractivity contribution in [2.45, 2.75) is 18.7 Å². The molecular weight excluding hydrogens is 267 g/mol. The summed E-state index contributed by atoms with van der Waals surface area (Å²) >= 11 is 0. The van der Waals surface area contributed by atoms with E-state index in [0.717, 1.165) is 30.3 Å². The summed E-state index contributed by atoms with van der Waals surface area (Å²) in [6, 6.07) is 4.11. The van der Waals surface area contributed by atoms with Crippen LogP contribution in [0.4, 0.5) is 22.0 Å². The van der Waals surface area contributed by atoms with Gasteiger partial charge in [-0.25, -0.2) is 8.78 Å². The summed E-state index contributed by atoms with van der Waals surface area (Å²) in [5, 5.41) is 0. The highest BCUT2D eigenvalue weighted by atomic mass is 19.4. The first kappa shape index (κ1) is 15.2. The summed E-state index contributed by atoms with van der Waals surface area (Å²) < 4.78 is 66.4. The molecule has 0 heterocycles. The van der Waals surface area contributed by atoms with Crippen LogP contribution in [0.3, 0.4) is 0 Å². The van der Waals surface area contributed by atoms with Crippen molar-refractivity contribution in [1.29, 1.82) is 0 Å². The molecule has 0 aliphatic heterocycles. The predicted molar refractivity (Wildman–Crippen MR) is 61.9 cm³/mol. The van der Waals surface area contributed by atoms with E-state index in [4.69, 9.17) is 0 Å². The fourth-order valence-corrected chi connectivity index (χ4v) is 1.37. The molecule has 0 aliphatic carbocycles. The SMILES string of the molecule is C=CCC(F)(F)C(=C)c1ccc(OC(F)(F)F)cc1. The minimum atomic E-state index is -4.81. The largest absolute Gasteiger partial charge is 0.573 e. The van der Waals surface area contributed by atoms with Crippen LogP contribution < -0.4 is 4.74 Å². The molecule has 19 heavy (non-hydrogen) atoms. The smallest absolute Gasteiger partial charge is 0.406 e. The predicted octanol–water partition coefficient (Wildman–Crippen LogP) is 4.81. The molecule has 104 valence electrons. The lowest BCUT2D eigenvalue weighted by atomic mass is 9.99. The van der Waals surface area contributed by atoms with Gasteiger partial charge in [0.1, 0.15) is 5.75 Å². The van der Waals surface area contributed by atoms with Gasteiger partial charge in [-0.3, -0.25) is 0 Å². The highest BCUT2D eigenvalue weighted by molar-refractivity contribution is 5.69. The monoisotopic (exact) mass is 278 g/mol. The molecule has 0 amide bonds. The number of hydrogen-bond acceptors (Lipinski definition) is 1. The zero-order chi connectivity index (χ0) is 14.7. The molecular formula is C13H11F5O. The van der Waals surface area contributed by atoms with Gasteiger partial charge in [0.15, 0.2) is 0 Å². The highest BCUT2D eigenvalue weighted by Gasteiger charge is 2.33. The summed E-state index contributed by atoms with van der Waals surface area (Å²) in [5.74, 6) is -3.66. The first-order valence-electron chi connectivity index (χ1n) is 5.20. The Morgan fingerprint density at radius 1 is 1.11 bits per heavy atom. The zero-order valence-corrected chi connectivity index (χ0v) is 9.81. The Balaban J connectivity index is 2.87. The molecule has 1 rings (SSSR count). The molecule has 0 spiro atoms. The normalized spacial score (nSPS) is 12.1. The second-order valence-electron chi connectivity index (χ2n) is 3.75. The number of alkyl halides is 5. The minimum Gasteiger partial charge on any atom is -0.406 e. The van der Waals surface area contributed by atoms with Gasteiger partial charge in [-0.1, -0.05) is 24.8 Å². The number of benzene rings is 1.